The van der Waals surface area contributed by atoms with E-state index in [1.165, 1.54) is 0 Å². The van der Waals surface area contributed by atoms with Gasteiger partial charge in [0.1, 0.15) is 17.3 Å². The van der Waals surface area contributed by atoms with Gasteiger partial charge >= 0.3 is 0 Å². The molecule has 0 heterocycles. The van der Waals surface area contributed by atoms with Crippen molar-refractivity contribution in [3.05, 3.63) is 62.0 Å². The van der Waals surface area contributed by atoms with Gasteiger partial charge in [-0.2, -0.15) is 0 Å². The molecule has 0 amide bonds. The molecule has 0 saturated carbocycles. The lowest BCUT2D eigenvalue weighted by molar-refractivity contribution is 0.306. The van der Waals surface area contributed by atoms with E-state index in [1.54, 1.807) is 18.2 Å². The Morgan fingerprint density at radius 2 is 1.95 bits per heavy atom. The van der Waals surface area contributed by atoms with Gasteiger partial charge in [0.15, 0.2) is 0 Å². The SMILES string of the molecule is NC(=S)c1ccc(Cl)cc1OCc1ccc(Br)cc1Cl. The highest BCUT2D eigenvalue weighted by Crippen LogP contribution is 2.26. The standard InChI is InChI=1S/C14H10BrCl2NOS/c15-9-2-1-8(12(17)5-9)7-19-13-6-10(16)3-4-11(13)14(18)20/h1-6H,7H2,(H2,18,20). The third-order valence-electron chi connectivity index (χ3n) is 2.61. The number of nitrogens with two attached hydrogens (primary N) is 1. The Balaban J connectivity index is 2.22. The van der Waals surface area contributed by atoms with E-state index in [1.807, 2.05) is 18.2 Å². The first kappa shape index (κ1) is 15.6. The van der Waals surface area contributed by atoms with Crippen LogP contribution in [0.2, 0.25) is 10.0 Å². The second-order valence-electron chi connectivity index (χ2n) is 4.03. The first-order chi connectivity index (χ1) is 9.47. The zero-order chi connectivity index (χ0) is 14.7. The van der Waals surface area contributed by atoms with E-state index < -0.39 is 0 Å². The molecule has 0 bridgehead atoms. The molecule has 2 rings (SSSR count). The predicted molar refractivity (Wildman–Crippen MR) is 90.8 cm³/mol. The predicted octanol–water partition coefficient (Wildman–Crippen LogP) is 4.97. The summed E-state index contributed by atoms with van der Waals surface area (Å²) in [4.78, 5) is 0.263. The fourth-order valence-electron chi connectivity index (χ4n) is 1.61. The highest BCUT2D eigenvalue weighted by molar-refractivity contribution is 9.10. The van der Waals surface area contributed by atoms with E-state index in [2.05, 4.69) is 15.9 Å². The van der Waals surface area contributed by atoms with Crippen LogP contribution in [-0.2, 0) is 6.61 Å². The minimum absolute atomic E-state index is 0.263. The van der Waals surface area contributed by atoms with Crippen LogP contribution in [0.15, 0.2) is 40.9 Å². The molecule has 2 aromatic rings. The number of ether oxygens (including phenoxy) is 1. The van der Waals surface area contributed by atoms with Gasteiger partial charge in [0.2, 0.25) is 0 Å². The second-order valence-corrected chi connectivity index (χ2v) is 6.23. The summed E-state index contributed by atoms with van der Waals surface area (Å²) in [5, 5.41) is 1.18. The number of rotatable bonds is 4. The summed E-state index contributed by atoms with van der Waals surface area (Å²) in [6, 6.07) is 10.7. The van der Waals surface area contributed by atoms with E-state index >= 15 is 0 Å². The number of halogens is 3. The summed E-state index contributed by atoms with van der Waals surface area (Å²) in [6.07, 6.45) is 0. The lowest BCUT2D eigenvalue weighted by Crippen LogP contribution is -2.11. The van der Waals surface area contributed by atoms with E-state index in [-0.39, 0.29) is 4.99 Å². The van der Waals surface area contributed by atoms with E-state index in [0.29, 0.717) is 28.0 Å². The maximum Gasteiger partial charge on any atom is 0.131 e. The number of hydrogen-bond acceptors (Lipinski definition) is 2. The van der Waals surface area contributed by atoms with Crippen LogP contribution >= 0.6 is 51.3 Å². The Kier molecular flexibility index (Phi) is 5.27. The number of thiocarbonyl (C=S) groups is 1. The molecule has 2 aromatic carbocycles. The third-order valence-corrected chi connectivity index (χ3v) is 3.91. The van der Waals surface area contributed by atoms with Gasteiger partial charge in [-0.25, -0.2) is 0 Å². The molecule has 0 aliphatic rings. The van der Waals surface area contributed by atoms with Crippen molar-refractivity contribution in [3.8, 4) is 5.75 Å². The van der Waals surface area contributed by atoms with Crippen LogP contribution < -0.4 is 10.5 Å². The molecule has 0 aromatic heterocycles. The molecule has 104 valence electrons. The van der Waals surface area contributed by atoms with Crippen molar-refractivity contribution in [2.24, 2.45) is 5.73 Å². The average molecular weight is 391 g/mol. The smallest absolute Gasteiger partial charge is 0.131 e. The lowest BCUT2D eigenvalue weighted by atomic mass is 10.2. The Labute approximate surface area is 141 Å². The van der Waals surface area contributed by atoms with Gasteiger partial charge in [0.25, 0.3) is 0 Å². The summed E-state index contributed by atoms with van der Waals surface area (Å²) >= 11 is 20.4. The molecule has 0 fully saturated rings. The van der Waals surface area contributed by atoms with Crippen molar-refractivity contribution in [1.29, 1.82) is 0 Å². The second kappa shape index (κ2) is 6.76. The quantitative estimate of drug-likeness (QED) is 0.748. The van der Waals surface area contributed by atoms with Crippen molar-refractivity contribution in [2.45, 2.75) is 6.61 Å². The zero-order valence-corrected chi connectivity index (χ0v) is 14.1. The van der Waals surface area contributed by atoms with E-state index in [4.69, 9.17) is 45.9 Å². The Morgan fingerprint density at radius 1 is 1.20 bits per heavy atom. The summed E-state index contributed by atoms with van der Waals surface area (Å²) in [5.41, 5.74) is 7.17. The molecule has 0 unspecified atom stereocenters. The van der Waals surface area contributed by atoms with Crippen molar-refractivity contribution in [2.75, 3.05) is 0 Å². The van der Waals surface area contributed by atoms with Gasteiger partial charge in [-0.15, -0.1) is 0 Å². The molecule has 6 heteroatoms. The average Bonchev–Trinajstić information content (AvgIpc) is 2.37. The summed E-state index contributed by atoms with van der Waals surface area (Å²) in [7, 11) is 0. The molecule has 20 heavy (non-hydrogen) atoms. The van der Waals surface area contributed by atoms with Gasteiger partial charge in [0, 0.05) is 20.1 Å². The summed E-state index contributed by atoms with van der Waals surface area (Å²) < 4.78 is 6.65. The van der Waals surface area contributed by atoms with Crippen LogP contribution in [0.25, 0.3) is 0 Å². The highest BCUT2D eigenvalue weighted by atomic mass is 79.9. The molecular formula is C14H10BrCl2NOS. The van der Waals surface area contributed by atoms with Crippen molar-refractivity contribution >= 4 is 56.3 Å². The maximum atomic E-state index is 6.14. The van der Waals surface area contributed by atoms with E-state index in [0.717, 1.165) is 10.0 Å². The lowest BCUT2D eigenvalue weighted by Gasteiger charge is -2.12. The zero-order valence-electron chi connectivity index (χ0n) is 10.2. The van der Waals surface area contributed by atoms with Crippen LogP contribution in [0, 0.1) is 0 Å². The molecule has 0 spiro atoms. The molecule has 0 aliphatic heterocycles. The molecule has 0 aliphatic carbocycles. The van der Waals surface area contributed by atoms with Crippen LogP contribution in [0.3, 0.4) is 0 Å². The summed E-state index contributed by atoms with van der Waals surface area (Å²) in [6.45, 7) is 0.308. The summed E-state index contributed by atoms with van der Waals surface area (Å²) in [5.74, 6) is 0.545. The molecule has 0 radical (unpaired) electrons. The van der Waals surface area contributed by atoms with Crippen LogP contribution in [-0.4, -0.2) is 4.99 Å². The highest BCUT2D eigenvalue weighted by Gasteiger charge is 2.09. The Bertz CT molecular complexity index is 664. The topological polar surface area (TPSA) is 35.2 Å². The normalized spacial score (nSPS) is 10.3. The molecule has 0 saturated heterocycles. The van der Waals surface area contributed by atoms with Crippen molar-refractivity contribution in [1.82, 2.24) is 0 Å². The van der Waals surface area contributed by atoms with Gasteiger partial charge in [-0.05, 0) is 30.3 Å². The fraction of sp³-hybridized carbons (Fsp3) is 0.0714. The number of benzene rings is 2. The van der Waals surface area contributed by atoms with Crippen molar-refractivity contribution < 1.29 is 4.74 Å². The van der Waals surface area contributed by atoms with Gasteiger partial charge in [0.05, 0.1) is 5.56 Å². The van der Waals surface area contributed by atoms with Gasteiger partial charge in [-0.3, -0.25) is 0 Å². The molecule has 2 nitrogen and oxygen atoms in total. The molecular weight excluding hydrogens is 381 g/mol. The van der Waals surface area contributed by atoms with Crippen molar-refractivity contribution in [3.63, 3.8) is 0 Å². The van der Waals surface area contributed by atoms with E-state index in [9.17, 15) is 0 Å². The first-order valence-corrected chi connectivity index (χ1v) is 7.59. The number of hydrogen-bond donors (Lipinski definition) is 1. The van der Waals surface area contributed by atoms with Gasteiger partial charge < -0.3 is 10.5 Å². The Morgan fingerprint density at radius 3 is 2.60 bits per heavy atom. The van der Waals surface area contributed by atoms with Crippen LogP contribution in [0.5, 0.6) is 5.75 Å². The third kappa shape index (κ3) is 3.85. The molecule has 0 atom stereocenters. The largest absolute Gasteiger partial charge is 0.488 e. The minimum Gasteiger partial charge on any atom is -0.488 e. The van der Waals surface area contributed by atoms with Gasteiger partial charge in [-0.1, -0.05) is 57.4 Å². The van der Waals surface area contributed by atoms with Crippen LogP contribution in [0.1, 0.15) is 11.1 Å². The van der Waals surface area contributed by atoms with Crippen LogP contribution in [0.4, 0.5) is 0 Å². The maximum absolute atomic E-state index is 6.14. The monoisotopic (exact) mass is 389 g/mol. The Hall–Kier alpha value is -0.810. The molecule has 2 N–H and O–H groups in total. The fourth-order valence-corrected chi connectivity index (χ4v) is 2.67. The minimum atomic E-state index is 0.263. The first-order valence-electron chi connectivity index (χ1n) is 5.63.